The van der Waals surface area contributed by atoms with Gasteiger partial charge >= 0.3 is 6.18 Å². The highest BCUT2D eigenvalue weighted by atomic mass is 19.4. The molecule has 0 bridgehead atoms. The molecule has 128 valence electrons. The van der Waals surface area contributed by atoms with Crippen molar-refractivity contribution in [3.63, 3.8) is 0 Å². The zero-order valence-electron chi connectivity index (χ0n) is 12.5. The highest BCUT2D eigenvalue weighted by Crippen LogP contribution is 2.34. The number of rotatable bonds is 3. The summed E-state index contributed by atoms with van der Waals surface area (Å²) >= 11 is 0. The number of alkyl halides is 3. The van der Waals surface area contributed by atoms with Gasteiger partial charge in [0.15, 0.2) is 11.5 Å². The Morgan fingerprint density at radius 2 is 1.92 bits per heavy atom. The minimum absolute atomic E-state index is 0.0914. The van der Waals surface area contributed by atoms with E-state index in [0.29, 0.717) is 26.1 Å². The predicted molar refractivity (Wildman–Crippen MR) is 76.9 cm³/mol. The third-order valence-electron chi connectivity index (χ3n) is 3.40. The molecule has 1 aliphatic heterocycles. The summed E-state index contributed by atoms with van der Waals surface area (Å²) in [6.07, 6.45) is -1.12. The molecule has 3 heterocycles. The Morgan fingerprint density at radius 3 is 2.62 bits per heavy atom. The number of nitrogen functional groups attached to an aromatic ring is 1. The average molecular weight is 341 g/mol. The van der Waals surface area contributed by atoms with Crippen molar-refractivity contribution < 1.29 is 22.6 Å². The van der Waals surface area contributed by atoms with E-state index in [2.05, 4.69) is 19.9 Å². The van der Waals surface area contributed by atoms with Gasteiger partial charge in [-0.1, -0.05) is 0 Å². The van der Waals surface area contributed by atoms with Crippen molar-refractivity contribution in [1.29, 1.82) is 0 Å². The van der Waals surface area contributed by atoms with E-state index in [1.54, 1.807) is 0 Å². The van der Waals surface area contributed by atoms with Crippen LogP contribution in [0.3, 0.4) is 0 Å². The molecule has 7 nitrogen and oxygen atoms in total. The maximum absolute atomic E-state index is 13.1. The van der Waals surface area contributed by atoms with Crippen LogP contribution in [0.5, 0.6) is 5.88 Å². The van der Waals surface area contributed by atoms with Crippen LogP contribution in [0, 0.1) is 0 Å². The van der Waals surface area contributed by atoms with Crippen molar-refractivity contribution in [2.75, 3.05) is 18.9 Å². The van der Waals surface area contributed by atoms with Crippen molar-refractivity contribution in [2.45, 2.75) is 25.1 Å². The summed E-state index contributed by atoms with van der Waals surface area (Å²) in [5.74, 6) is -0.454. The summed E-state index contributed by atoms with van der Waals surface area (Å²) in [4.78, 5) is 14.8. The third kappa shape index (κ3) is 3.70. The maximum atomic E-state index is 13.1. The summed E-state index contributed by atoms with van der Waals surface area (Å²) in [5.41, 5.74) is 3.72. The largest absolute Gasteiger partial charge is 0.474 e. The molecular formula is C14H14F3N5O2. The Balaban J connectivity index is 1.91. The molecule has 1 saturated heterocycles. The molecular weight excluding hydrogens is 327 g/mol. The van der Waals surface area contributed by atoms with E-state index in [-0.39, 0.29) is 23.4 Å². The molecule has 0 amide bonds. The molecule has 0 aromatic carbocycles. The molecule has 0 unspecified atom stereocenters. The topological polar surface area (TPSA) is 96.0 Å². The lowest BCUT2D eigenvalue weighted by Gasteiger charge is -2.22. The second-order valence-electron chi connectivity index (χ2n) is 5.14. The molecule has 24 heavy (non-hydrogen) atoms. The maximum Gasteiger partial charge on any atom is 0.434 e. The third-order valence-corrected chi connectivity index (χ3v) is 3.40. The fraction of sp³-hybridized carbons (Fsp3) is 0.429. The number of anilines is 1. The number of nitrogens with two attached hydrogens (primary N) is 1. The van der Waals surface area contributed by atoms with Gasteiger partial charge in [-0.05, 0) is 0 Å². The Hall–Kier alpha value is -2.49. The second kappa shape index (κ2) is 6.56. The quantitative estimate of drug-likeness (QED) is 0.913. The number of hydrogen-bond acceptors (Lipinski definition) is 7. The minimum atomic E-state index is -4.70. The molecule has 3 rings (SSSR count). The second-order valence-corrected chi connectivity index (χ2v) is 5.14. The number of halogens is 3. The standard InChI is InChI=1S/C14H14F3N5O2/c15-14(16,17)11-9(7-20-13(18)22-11)12-19-4-1-10(21-12)24-8-2-5-23-6-3-8/h1,4,7-8H,2-3,5-6H2,(H2,18,20,22). The summed E-state index contributed by atoms with van der Waals surface area (Å²) in [6, 6.07) is 1.49. The van der Waals surface area contributed by atoms with Crippen LogP contribution in [-0.2, 0) is 10.9 Å². The van der Waals surface area contributed by atoms with E-state index >= 15 is 0 Å². The first-order valence-corrected chi connectivity index (χ1v) is 7.21. The Morgan fingerprint density at radius 1 is 1.17 bits per heavy atom. The van der Waals surface area contributed by atoms with Crippen LogP contribution < -0.4 is 10.5 Å². The molecule has 0 aliphatic carbocycles. The van der Waals surface area contributed by atoms with Crippen molar-refractivity contribution in [1.82, 2.24) is 19.9 Å². The molecule has 2 N–H and O–H groups in total. The van der Waals surface area contributed by atoms with Gasteiger partial charge in [0.05, 0.1) is 18.8 Å². The van der Waals surface area contributed by atoms with E-state index in [0.717, 1.165) is 6.20 Å². The average Bonchev–Trinajstić information content (AvgIpc) is 2.55. The van der Waals surface area contributed by atoms with E-state index < -0.39 is 17.8 Å². The van der Waals surface area contributed by atoms with Gasteiger partial charge in [-0.3, -0.25) is 0 Å². The van der Waals surface area contributed by atoms with E-state index in [4.69, 9.17) is 15.2 Å². The van der Waals surface area contributed by atoms with Crippen molar-refractivity contribution in [3.05, 3.63) is 24.2 Å². The van der Waals surface area contributed by atoms with Crippen molar-refractivity contribution in [3.8, 4) is 17.3 Å². The SMILES string of the molecule is Nc1ncc(-c2nccc(OC3CCOCC3)n2)c(C(F)(F)F)n1. The first-order valence-electron chi connectivity index (χ1n) is 7.21. The number of hydrogen-bond donors (Lipinski definition) is 1. The normalized spacial score (nSPS) is 16.1. The first kappa shape index (κ1) is 16.4. The molecule has 0 radical (unpaired) electrons. The van der Waals surface area contributed by atoms with Crippen LogP contribution in [0.15, 0.2) is 18.5 Å². The van der Waals surface area contributed by atoms with Gasteiger partial charge < -0.3 is 15.2 Å². The van der Waals surface area contributed by atoms with Gasteiger partial charge in [0.1, 0.15) is 6.10 Å². The van der Waals surface area contributed by atoms with Crippen LogP contribution in [0.2, 0.25) is 0 Å². The Bertz CT molecular complexity index is 720. The predicted octanol–water partition coefficient (Wildman–Crippen LogP) is 2.09. The van der Waals surface area contributed by atoms with E-state index in [9.17, 15) is 13.2 Å². The number of ether oxygens (including phenoxy) is 2. The lowest BCUT2D eigenvalue weighted by Crippen LogP contribution is -2.26. The monoisotopic (exact) mass is 341 g/mol. The first-order chi connectivity index (χ1) is 11.4. The minimum Gasteiger partial charge on any atom is -0.474 e. The molecule has 0 atom stereocenters. The molecule has 1 fully saturated rings. The molecule has 0 spiro atoms. The van der Waals surface area contributed by atoms with Crippen molar-refractivity contribution >= 4 is 5.95 Å². The summed E-state index contributed by atoms with van der Waals surface area (Å²) < 4.78 is 50.3. The lowest BCUT2D eigenvalue weighted by molar-refractivity contribution is -0.140. The van der Waals surface area contributed by atoms with Crippen molar-refractivity contribution in [2.24, 2.45) is 0 Å². The van der Waals surface area contributed by atoms with Gasteiger partial charge in [-0.15, -0.1) is 0 Å². The van der Waals surface area contributed by atoms with Gasteiger partial charge in [-0.2, -0.15) is 18.2 Å². The highest BCUT2D eigenvalue weighted by molar-refractivity contribution is 5.59. The smallest absolute Gasteiger partial charge is 0.434 e. The Kier molecular flexibility index (Phi) is 4.47. The summed E-state index contributed by atoms with van der Waals surface area (Å²) in [7, 11) is 0. The zero-order chi connectivity index (χ0) is 17.2. The molecule has 1 aliphatic rings. The van der Waals surface area contributed by atoms with Crippen LogP contribution in [-0.4, -0.2) is 39.3 Å². The van der Waals surface area contributed by atoms with Gasteiger partial charge in [0.25, 0.3) is 0 Å². The zero-order valence-corrected chi connectivity index (χ0v) is 12.5. The molecule has 2 aromatic rings. The van der Waals surface area contributed by atoms with Crippen LogP contribution in [0.25, 0.3) is 11.4 Å². The summed E-state index contributed by atoms with van der Waals surface area (Å²) in [5, 5.41) is 0. The fourth-order valence-corrected chi connectivity index (χ4v) is 2.28. The van der Waals surface area contributed by atoms with Crippen LogP contribution in [0.4, 0.5) is 19.1 Å². The number of nitrogens with zero attached hydrogens (tertiary/aromatic N) is 4. The van der Waals surface area contributed by atoms with Crippen LogP contribution in [0.1, 0.15) is 18.5 Å². The fourth-order valence-electron chi connectivity index (χ4n) is 2.28. The Labute approximate surface area is 135 Å². The summed E-state index contributed by atoms with van der Waals surface area (Å²) in [6.45, 7) is 1.15. The van der Waals surface area contributed by atoms with Gasteiger partial charge in [-0.25, -0.2) is 15.0 Å². The van der Waals surface area contributed by atoms with Gasteiger partial charge in [0, 0.05) is 31.3 Å². The van der Waals surface area contributed by atoms with Gasteiger partial charge in [0.2, 0.25) is 11.8 Å². The van der Waals surface area contributed by atoms with E-state index in [1.807, 2.05) is 0 Å². The van der Waals surface area contributed by atoms with Crippen LogP contribution >= 0.6 is 0 Å². The highest BCUT2D eigenvalue weighted by Gasteiger charge is 2.37. The molecule has 2 aromatic heterocycles. The lowest BCUT2D eigenvalue weighted by atomic mass is 10.1. The van der Waals surface area contributed by atoms with E-state index in [1.165, 1.54) is 12.3 Å². The molecule has 0 saturated carbocycles. The number of aromatic nitrogens is 4. The molecule has 10 heteroatoms.